The first-order valence-electron chi connectivity index (χ1n) is 7.59. The molecule has 0 aliphatic heterocycles. The molecule has 0 N–H and O–H groups in total. The van der Waals surface area contributed by atoms with Crippen LogP contribution in [0.4, 0.5) is 5.69 Å². The van der Waals surface area contributed by atoms with Crippen LogP contribution in [0.5, 0.6) is 5.75 Å². The number of carbonyl (C=O) groups excluding carboxylic acids is 1. The Hall–Kier alpha value is -2.11. The molecule has 0 heterocycles. The first-order chi connectivity index (χ1) is 10.6. The smallest absolute Gasteiger partial charge is 0.338 e. The van der Waals surface area contributed by atoms with Crippen LogP contribution < -0.4 is 4.74 Å². The second-order valence-corrected chi connectivity index (χ2v) is 5.05. The maximum Gasteiger partial charge on any atom is 0.338 e. The Kier molecular flexibility index (Phi) is 7.96. The zero-order valence-electron chi connectivity index (χ0n) is 13.2. The van der Waals surface area contributed by atoms with E-state index >= 15 is 0 Å². The van der Waals surface area contributed by atoms with E-state index in [0.29, 0.717) is 6.61 Å². The Bertz CT molecular complexity index is 501. The number of methoxy groups -OCH3 is 1. The molecule has 6 nitrogen and oxygen atoms in total. The van der Waals surface area contributed by atoms with Crippen LogP contribution >= 0.6 is 0 Å². The van der Waals surface area contributed by atoms with Crippen molar-refractivity contribution in [1.82, 2.24) is 0 Å². The number of rotatable bonds is 10. The van der Waals surface area contributed by atoms with Gasteiger partial charge in [-0.15, -0.1) is 0 Å². The van der Waals surface area contributed by atoms with Gasteiger partial charge in [-0.3, -0.25) is 10.1 Å². The van der Waals surface area contributed by atoms with Crippen LogP contribution in [0.25, 0.3) is 0 Å². The van der Waals surface area contributed by atoms with Gasteiger partial charge in [0.05, 0.1) is 24.2 Å². The third-order valence-electron chi connectivity index (χ3n) is 3.33. The van der Waals surface area contributed by atoms with Gasteiger partial charge in [-0.2, -0.15) is 0 Å². The van der Waals surface area contributed by atoms with Crippen LogP contribution in [0, 0.1) is 10.1 Å². The highest BCUT2D eigenvalue weighted by molar-refractivity contribution is 5.90. The minimum absolute atomic E-state index is 0.140. The monoisotopic (exact) mass is 309 g/mol. The van der Waals surface area contributed by atoms with Gasteiger partial charge in [0.15, 0.2) is 5.75 Å². The molecule has 0 atom stereocenters. The van der Waals surface area contributed by atoms with Gasteiger partial charge in [-0.05, 0) is 18.6 Å². The van der Waals surface area contributed by atoms with Crippen molar-refractivity contribution in [2.75, 3.05) is 13.7 Å². The normalized spacial score (nSPS) is 10.3. The molecule has 0 unspecified atom stereocenters. The summed E-state index contributed by atoms with van der Waals surface area (Å²) in [7, 11) is 1.23. The largest absolute Gasteiger partial charge is 0.487 e. The molecule has 1 aromatic rings. The van der Waals surface area contributed by atoms with Gasteiger partial charge in [-0.1, -0.05) is 39.0 Å². The molecule has 0 bridgehead atoms. The van der Waals surface area contributed by atoms with Crippen LogP contribution in [-0.4, -0.2) is 24.6 Å². The predicted octanol–water partition coefficient (Wildman–Crippen LogP) is 4.12. The number of hydrogen-bond acceptors (Lipinski definition) is 5. The zero-order chi connectivity index (χ0) is 16.4. The number of ether oxygens (including phenoxy) is 2. The fraction of sp³-hybridized carbons (Fsp3) is 0.562. The number of esters is 1. The van der Waals surface area contributed by atoms with E-state index in [1.165, 1.54) is 44.6 Å². The second-order valence-electron chi connectivity index (χ2n) is 5.05. The number of benzene rings is 1. The fourth-order valence-electron chi connectivity index (χ4n) is 2.09. The lowest BCUT2D eigenvalue weighted by Crippen LogP contribution is -2.05. The molecule has 1 aromatic carbocycles. The summed E-state index contributed by atoms with van der Waals surface area (Å²) in [4.78, 5) is 21.9. The van der Waals surface area contributed by atoms with E-state index in [4.69, 9.17) is 4.74 Å². The van der Waals surface area contributed by atoms with Crippen LogP contribution in [0.3, 0.4) is 0 Å². The summed E-state index contributed by atoms with van der Waals surface area (Å²) in [6, 6.07) is 4.10. The molecule has 0 amide bonds. The van der Waals surface area contributed by atoms with Gasteiger partial charge < -0.3 is 9.47 Å². The van der Waals surface area contributed by atoms with Crippen LogP contribution in [0.2, 0.25) is 0 Å². The highest BCUT2D eigenvalue weighted by Crippen LogP contribution is 2.28. The zero-order valence-corrected chi connectivity index (χ0v) is 13.2. The number of hydrogen-bond donors (Lipinski definition) is 0. The average Bonchev–Trinajstić information content (AvgIpc) is 2.53. The first-order valence-corrected chi connectivity index (χ1v) is 7.59. The van der Waals surface area contributed by atoms with Crippen molar-refractivity contribution in [2.24, 2.45) is 0 Å². The van der Waals surface area contributed by atoms with Crippen LogP contribution in [0.1, 0.15) is 55.8 Å². The number of nitrogens with zero attached hydrogens (tertiary/aromatic N) is 1. The molecule has 0 fully saturated rings. The minimum Gasteiger partial charge on any atom is -0.487 e. The molecule has 0 radical (unpaired) electrons. The summed E-state index contributed by atoms with van der Waals surface area (Å²) in [5, 5.41) is 11.1. The Labute approximate surface area is 130 Å². The summed E-state index contributed by atoms with van der Waals surface area (Å²) in [5.74, 6) is -0.420. The Morgan fingerprint density at radius 2 is 1.86 bits per heavy atom. The second kappa shape index (κ2) is 9.76. The number of carbonyl (C=O) groups is 1. The molecule has 0 aliphatic carbocycles. The van der Waals surface area contributed by atoms with E-state index in [2.05, 4.69) is 11.7 Å². The minimum atomic E-state index is -0.606. The maximum absolute atomic E-state index is 11.4. The van der Waals surface area contributed by atoms with Crippen LogP contribution in [-0.2, 0) is 4.74 Å². The molecule has 6 heteroatoms. The third kappa shape index (κ3) is 5.71. The van der Waals surface area contributed by atoms with Crippen molar-refractivity contribution in [3.05, 3.63) is 33.9 Å². The fourth-order valence-corrected chi connectivity index (χ4v) is 2.09. The molecule has 0 spiro atoms. The topological polar surface area (TPSA) is 78.7 Å². The number of nitro groups is 1. The third-order valence-corrected chi connectivity index (χ3v) is 3.33. The van der Waals surface area contributed by atoms with Gasteiger partial charge in [0.2, 0.25) is 0 Å². The Morgan fingerprint density at radius 3 is 2.50 bits per heavy atom. The highest BCUT2D eigenvalue weighted by Gasteiger charge is 2.19. The molecule has 122 valence electrons. The number of nitro benzene ring substituents is 1. The Morgan fingerprint density at radius 1 is 1.18 bits per heavy atom. The van der Waals surface area contributed by atoms with Crippen molar-refractivity contribution in [1.29, 1.82) is 0 Å². The molecule has 22 heavy (non-hydrogen) atoms. The average molecular weight is 309 g/mol. The molecule has 0 saturated carbocycles. The van der Waals surface area contributed by atoms with Crippen molar-refractivity contribution in [3.8, 4) is 5.75 Å². The van der Waals surface area contributed by atoms with E-state index in [1.807, 2.05) is 0 Å². The molecule has 1 rings (SSSR count). The van der Waals surface area contributed by atoms with Gasteiger partial charge in [-0.25, -0.2) is 4.79 Å². The summed E-state index contributed by atoms with van der Waals surface area (Å²) >= 11 is 0. The summed E-state index contributed by atoms with van der Waals surface area (Å²) in [6.07, 6.45) is 6.72. The maximum atomic E-state index is 11.4. The number of unbranched alkanes of at least 4 members (excludes halogenated alkanes) is 5. The predicted molar refractivity (Wildman–Crippen MR) is 83.3 cm³/mol. The summed E-state index contributed by atoms with van der Waals surface area (Å²) in [5.41, 5.74) is -0.0741. The van der Waals surface area contributed by atoms with E-state index < -0.39 is 10.9 Å². The van der Waals surface area contributed by atoms with Gasteiger partial charge in [0.1, 0.15) is 0 Å². The molecule has 0 aromatic heterocycles. The standard InChI is InChI=1S/C16H23NO5/c1-3-4-5-6-7-8-11-22-15-10-9-13(16(18)21-2)12-14(15)17(19)20/h9-10,12H,3-8,11H2,1-2H3. The lowest BCUT2D eigenvalue weighted by atomic mass is 10.1. The van der Waals surface area contributed by atoms with E-state index in [1.54, 1.807) is 0 Å². The Balaban J connectivity index is 2.55. The van der Waals surface area contributed by atoms with Crippen molar-refractivity contribution in [3.63, 3.8) is 0 Å². The van der Waals surface area contributed by atoms with Crippen molar-refractivity contribution < 1.29 is 19.2 Å². The van der Waals surface area contributed by atoms with E-state index in [9.17, 15) is 14.9 Å². The van der Waals surface area contributed by atoms with Crippen molar-refractivity contribution >= 4 is 11.7 Å². The molecular formula is C16H23NO5. The molecule has 0 saturated heterocycles. The van der Waals surface area contributed by atoms with Gasteiger partial charge in [0, 0.05) is 6.07 Å². The quantitative estimate of drug-likeness (QED) is 0.281. The lowest BCUT2D eigenvalue weighted by molar-refractivity contribution is -0.385. The van der Waals surface area contributed by atoms with Gasteiger partial charge >= 0.3 is 11.7 Å². The van der Waals surface area contributed by atoms with Crippen molar-refractivity contribution in [2.45, 2.75) is 45.4 Å². The van der Waals surface area contributed by atoms with E-state index in [0.717, 1.165) is 19.3 Å². The van der Waals surface area contributed by atoms with Crippen LogP contribution in [0.15, 0.2) is 18.2 Å². The van der Waals surface area contributed by atoms with Gasteiger partial charge in [0.25, 0.3) is 0 Å². The first kappa shape index (κ1) is 17.9. The summed E-state index contributed by atoms with van der Waals surface area (Å²) in [6.45, 7) is 2.60. The SMILES string of the molecule is CCCCCCCCOc1ccc(C(=O)OC)cc1[N+](=O)[O-]. The molecular weight excluding hydrogens is 286 g/mol. The highest BCUT2D eigenvalue weighted by atomic mass is 16.6. The molecule has 0 aliphatic rings. The lowest BCUT2D eigenvalue weighted by Gasteiger charge is -2.08. The summed E-state index contributed by atoms with van der Waals surface area (Å²) < 4.78 is 10.0. The van der Waals surface area contributed by atoms with E-state index in [-0.39, 0.29) is 17.0 Å².